The summed E-state index contributed by atoms with van der Waals surface area (Å²) in [6, 6.07) is 0. The zero-order valence-corrected chi connectivity index (χ0v) is 12.3. The first-order valence-electron chi connectivity index (χ1n) is 5.44. The van der Waals surface area contributed by atoms with Gasteiger partial charge in [-0.25, -0.2) is 0 Å². The molecule has 0 bridgehead atoms. The summed E-state index contributed by atoms with van der Waals surface area (Å²) < 4.78 is 6.10. The molecule has 0 rings (SSSR count). The summed E-state index contributed by atoms with van der Waals surface area (Å²) in [5, 5.41) is 0.211. The Bertz CT molecular complexity index is 225. The Kier molecular flexibility index (Phi) is 5.95. The molecule has 0 heterocycles. The predicted octanol–water partition coefficient (Wildman–Crippen LogP) is 4.03. The Balaban J connectivity index is 4.36. The van der Waals surface area contributed by atoms with Crippen LogP contribution in [0.1, 0.15) is 33.6 Å². The Morgan fingerprint density at radius 3 is 2.27 bits per heavy atom. The van der Waals surface area contributed by atoms with Crippen molar-refractivity contribution in [1.82, 2.24) is 0 Å². The van der Waals surface area contributed by atoms with Crippen LogP contribution < -0.4 is 0 Å². The Hall–Kier alpha value is 0.0269. The lowest BCUT2D eigenvalue weighted by atomic mass is 10.2. The van der Waals surface area contributed by atoms with Gasteiger partial charge in [0, 0.05) is 5.88 Å². The number of terminal acetylenes is 1. The van der Waals surface area contributed by atoms with Gasteiger partial charge < -0.3 is 4.43 Å². The largest absolute Gasteiger partial charge is 0.403 e. The van der Waals surface area contributed by atoms with Crippen molar-refractivity contribution in [3.8, 4) is 12.3 Å². The van der Waals surface area contributed by atoms with E-state index in [1.54, 1.807) is 0 Å². The molecule has 0 aromatic carbocycles. The van der Waals surface area contributed by atoms with Crippen molar-refractivity contribution < 1.29 is 4.43 Å². The second-order valence-corrected chi connectivity index (χ2v) is 10.5. The molecule has 1 atom stereocenters. The predicted molar refractivity (Wildman–Crippen MR) is 70.9 cm³/mol. The quantitative estimate of drug-likeness (QED) is 0.404. The van der Waals surface area contributed by atoms with E-state index in [2.05, 4.69) is 39.8 Å². The minimum Gasteiger partial charge on any atom is -0.403 e. The molecule has 0 unspecified atom stereocenters. The molecule has 15 heavy (non-hydrogen) atoms. The molecule has 0 aliphatic rings. The first kappa shape index (κ1) is 15.0. The second-order valence-electron chi connectivity index (χ2n) is 5.36. The summed E-state index contributed by atoms with van der Waals surface area (Å²) in [5.41, 5.74) is 0. The van der Waals surface area contributed by atoms with Crippen molar-refractivity contribution >= 4 is 19.9 Å². The van der Waals surface area contributed by atoms with E-state index in [9.17, 15) is 0 Å². The van der Waals surface area contributed by atoms with Crippen LogP contribution >= 0.6 is 11.6 Å². The van der Waals surface area contributed by atoms with Crippen molar-refractivity contribution in [3.63, 3.8) is 0 Å². The summed E-state index contributed by atoms with van der Waals surface area (Å²) in [6.07, 6.45) is 7.19. The average molecular weight is 247 g/mol. The molecule has 0 aromatic rings. The van der Waals surface area contributed by atoms with Gasteiger partial charge in [-0.1, -0.05) is 26.7 Å². The fourth-order valence-electron chi connectivity index (χ4n) is 0.971. The number of alkyl halides is 1. The van der Waals surface area contributed by atoms with Gasteiger partial charge >= 0.3 is 0 Å². The molecular weight excluding hydrogens is 224 g/mol. The number of rotatable bonds is 5. The van der Waals surface area contributed by atoms with Gasteiger partial charge in [0.15, 0.2) is 8.32 Å². The topological polar surface area (TPSA) is 9.23 Å². The van der Waals surface area contributed by atoms with Gasteiger partial charge in [0.1, 0.15) is 6.10 Å². The molecule has 0 radical (unpaired) electrons. The molecule has 0 spiro atoms. The smallest absolute Gasteiger partial charge is 0.193 e. The molecular formula is C12H23ClOSi. The third-order valence-electron chi connectivity index (χ3n) is 3.03. The van der Waals surface area contributed by atoms with Gasteiger partial charge in [0.2, 0.25) is 0 Å². The SMILES string of the molecule is C#C[C@H](CCCCl)O[Si](C)(C)C(C)(C)C. The van der Waals surface area contributed by atoms with Gasteiger partial charge in [0.05, 0.1) is 0 Å². The van der Waals surface area contributed by atoms with Gasteiger partial charge in [-0.2, -0.15) is 0 Å². The summed E-state index contributed by atoms with van der Waals surface area (Å²) in [4.78, 5) is 0. The summed E-state index contributed by atoms with van der Waals surface area (Å²) in [5.74, 6) is 3.37. The number of hydrogen-bond acceptors (Lipinski definition) is 1. The van der Waals surface area contributed by atoms with E-state index in [-0.39, 0.29) is 11.1 Å². The van der Waals surface area contributed by atoms with Crippen molar-refractivity contribution in [1.29, 1.82) is 0 Å². The zero-order valence-electron chi connectivity index (χ0n) is 10.6. The van der Waals surface area contributed by atoms with Crippen molar-refractivity contribution in [3.05, 3.63) is 0 Å². The molecule has 0 aromatic heterocycles. The van der Waals surface area contributed by atoms with E-state index in [0.29, 0.717) is 5.88 Å². The maximum atomic E-state index is 6.10. The normalized spacial score (nSPS) is 14.7. The first-order valence-corrected chi connectivity index (χ1v) is 8.89. The molecule has 0 fully saturated rings. The van der Waals surface area contributed by atoms with E-state index in [4.69, 9.17) is 22.5 Å². The number of halogens is 1. The van der Waals surface area contributed by atoms with Crippen molar-refractivity contribution in [2.24, 2.45) is 0 Å². The Morgan fingerprint density at radius 2 is 1.93 bits per heavy atom. The standard InChI is InChI=1S/C12H23ClOSi/c1-7-11(9-8-10-13)14-15(5,6)12(2,3)4/h1,11H,8-10H2,2-6H3/t11-/m1/s1. The molecule has 0 saturated heterocycles. The third-order valence-corrected chi connectivity index (χ3v) is 7.78. The molecule has 0 amide bonds. The van der Waals surface area contributed by atoms with Gasteiger partial charge in [-0.15, -0.1) is 18.0 Å². The average Bonchev–Trinajstić information content (AvgIpc) is 2.10. The van der Waals surface area contributed by atoms with E-state index in [1.807, 2.05) is 0 Å². The highest BCUT2D eigenvalue weighted by Crippen LogP contribution is 2.37. The molecule has 1 nitrogen and oxygen atoms in total. The van der Waals surface area contributed by atoms with Gasteiger partial charge in [-0.3, -0.25) is 0 Å². The molecule has 0 saturated carbocycles. The third kappa shape index (κ3) is 5.06. The van der Waals surface area contributed by atoms with Crippen LogP contribution in [-0.2, 0) is 4.43 Å². The summed E-state index contributed by atoms with van der Waals surface area (Å²) in [7, 11) is -1.72. The lowest BCUT2D eigenvalue weighted by molar-refractivity contribution is 0.223. The monoisotopic (exact) mass is 246 g/mol. The van der Waals surface area contributed by atoms with Gasteiger partial charge in [-0.05, 0) is 31.0 Å². The highest BCUT2D eigenvalue weighted by atomic mass is 35.5. The fraction of sp³-hybridized carbons (Fsp3) is 0.833. The Labute approximate surface area is 101 Å². The van der Waals surface area contributed by atoms with Crippen LogP contribution in [0.15, 0.2) is 0 Å². The molecule has 0 aliphatic heterocycles. The van der Waals surface area contributed by atoms with Crippen LogP contribution in [-0.4, -0.2) is 20.3 Å². The van der Waals surface area contributed by atoms with E-state index in [0.717, 1.165) is 12.8 Å². The van der Waals surface area contributed by atoms with Crippen LogP contribution in [0, 0.1) is 12.3 Å². The molecule has 88 valence electrons. The summed E-state index contributed by atoms with van der Waals surface area (Å²) in [6.45, 7) is 11.1. The number of hydrogen-bond donors (Lipinski definition) is 0. The van der Waals surface area contributed by atoms with Gasteiger partial charge in [0.25, 0.3) is 0 Å². The van der Waals surface area contributed by atoms with Crippen LogP contribution in [0.25, 0.3) is 0 Å². The lowest BCUT2D eigenvalue weighted by Crippen LogP contribution is -2.43. The minimum absolute atomic E-state index is 0.0651. The highest BCUT2D eigenvalue weighted by Gasteiger charge is 2.38. The Morgan fingerprint density at radius 1 is 1.40 bits per heavy atom. The van der Waals surface area contributed by atoms with E-state index >= 15 is 0 Å². The maximum Gasteiger partial charge on any atom is 0.193 e. The molecule has 0 N–H and O–H groups in total. The fourth-order valence-corrected chi connectivity index (χ4v) is 2.38. The highest BCUT2D eigenvalue weighted by molar-refractivity contribution is 6.74. The van der Waals surface area contributed by atoms with Crippen LogP contribution in [0.4, 0.5) is 0 Å². The first-order chi connectivity index (χ1) is 6.74. The molecule has 3 heteroatoms. The van der Waals surface area contributed by atoms with Crippen LogP contribution in [0.5, 0.6) is 0 Å². The zero-order chi connectivity index (χ0) is 12.1. The summed E-state index contributed by atoms with van der Waals surface area (Å²) >= 11 is 5.65. The second kappa shape index (κ2) is 5.93. The van der Waals surface area contributed by atoms with E-state index in [1.165, 1.54) is 0 Å². The van der Waals surface area contributed by atoms with Crippen LogP contribution in [0.2, 0.25) is 18.1 Å². The molecule has 0 aliphatic carbocycles. The minimum atomic E-state index is -1.72. The van der Waals surface area contributed by atoms with Crippen molar-refractivity contribution in [2.45, 2.75) is 57.8 Å². The lowest BCUT2D eigenvalue weighted by Gasteiger charge is -2.38. The maximum absolute atomic E-state index is 6.10. The van der Waals surface area contributed by atoms with Crippen molar-refractivity contribution in [2.75, 3.05) is 5.88 Å². The van der Waals surface area contributed by atoms with Crippen LogP contribution in [0.3, 0.4) is 0 Å². The van der Waals surface area contributed by atoms with E-state index < -0.39 is 8.32 Å².